The number of likely N-dealkylation sites (tertiary alicyclic amines) is 1. The molecule has 1 aromatic carbocycles. The van der Waals surface area contributed by atoms with Crippen molar-refractivity contribution in [1.82, 2.24) is 15.2 Å². The number of nitrogens with zero attached hydrogens (tertiary/aromatic N) is 2. The summed E-state index contributed by atoms with van der Waals surface area (Å²) in [4.78, 5) is 31.1. The van der Waals surface area contributed by atoms with Crippen LogP contribution >= 0.6 is 36.2 Å². The van der Waals surface area contributed by atoms with Gasteiger partial charge in [0, 0.05) is 32.6 Å². The number of nitrogens with one attached hydrogen (secondary N) is 1. The van der Waals surface area contributed by atoms with Gasteiger partial charge in [-0.15, -0.1) is 36.2 Å². The molecule has 1 unspecified atom stereocenters. The van der Waals surface area contributed by atoms with Crippen LogP contribution in [0.25, 0.3) is 10.2 Å². The number of rotatable bonds is 7. The topological polar surface area (TPSA) is 88.3 Å². The van der Waals surface area contributed by atoms with Crippen molar-refractivity contribution in [2.24, 2.45) is 11.7 Å². The highest BCUT2D eigenvalue weighted by Gasteiger charge is 2.27. The minimum Gasteiger partial charge on any atom is -0.355 e. The number of hydrogen-bond donors (Lipinski definition) is 2. The third-order valence-electron chi connectivity index (χ3n) is 4.71. The number of benzene rings is 1. The van der Waals surface area contributed by atoms with Crippen LogP contribution in [-0.4, -0.2) is 47.9 Å². The molecule has 0 aliphatic carbocycles. The molecular weight excluding hydrogens is 419 g/mol. The first-order valence-corrected chi connectivity index (χ1v) is 10.1. The lowest BCUT2D eigenvalue weighted by Crippen LogP contribution is -2.46. The first-order chi connectivity index (χ1) is 12.7. The van der Waals surface area contributed by atoms with Crippen molar-refractivity contribution >= 4 is 58.2 Å². The Hall–Kier alpha value is -1.41. The number of carbonyl (C=O) groups is 2. The Morgan fingerprint density at radius 1 is 1.29 bits per heavy atom. The number of nitrogens with two attached hydrogens (primary N) is 1. The van der Waals surface area contributed by atoms with Crippen molar-refractivity contribution in [2.45, 2.75) is 32.1 Å². The zero-order valence-corrected chi connectivity index (χ0v) is 18.2. The van der Waals surface area contributed by atoms with E-state index in [1.54, 1.807) is 11.3 Å². The molecule has 9 heteroatoms. The average Bonchev–Trinajstić information content (AvgIpc) is 3.09. The fraction of sp³-hybridized carbons (Fsp3) is 0.526. The fourth-order valence-electron chi connectivity index (χ4n) is 3.33. The van der Waals surface area contributed by atoms with Crippen molar-refractivity contribution in [3.8, 4) is 0 Å². The molecular formula is C19H28Cl2N4O2S. The number of para-hydroxylation sites is 1. The number of aromatic nitrogens is 1. The van der Waals surface area contributed by atoms with E-state index in [1.165, 1.54) is 4.70 Å². The molecule has 1 aliphatic rings. The quantitative estimate of drug-likeness (QED) is 0.683. The molecule has 1 saturated heterocycles. The van der Waals surface area contributed by atoms with Crippen molar-refractivity contribution in [2.75, 3.05) is 26.2 Å². The summed E-state index contributed by atoms with van der Waals surface area (Å²) in [7, 11) is 0. The number of amides is 2. The van der Waals surface area contributed by atoms with E-state index in [1.807, 2.05) is 23.1 Å². The lowest BCUT2D eigenvalue weighted by atomic mass is 9.96. The molecule has 1 aromatic heterocycles. The Morgan fingerprint density at radius 3 is 2.82 bits per heavy atom. The van der Waals surface area contributed by atoms with Crippen LogP contribution < -0.4 is 11.1 Å². The first kappa shape index (κ1) is 24.6. The lowest BCUT2D eigenvalue weighted by Gasteiger charge is -2.32. The largest absolute Gasteiger partial charge is 0.355 e. The van der Waals surface area contributed by atoms with Gasteiger partial charge in [-0.05, 0) is 37.8 Å². The molecule has 28 heavy (non-hydrogen) atoms. The number of hydrogen-bond acceptors (Lipinski definition) is 5. The fourth-order valence-corrected chi connectivity index (χ4v) is 4.34. The molecule has 2 heterocycles. The molecule has 0 spiro atoms. The maximum absolute atomic E-state index is 12.5. The standard InChI is InChI=1S/C19H26N4O2S.2ClH/c20-10-11-21-19(25)14-5-4-12-23(13-14)18(24)9-3-8-17-22-15-6-1-2-7-16(15)26-17;;/h1-2,6-7,14H,3-5,8-13,20H2,(H,21,25);2*1H. The molecule has 1 atom stereocenters. The number of carbonyl (C=O) groups excluding carboxylic acids is 2. The van der Waals surface area contributed by atoms with Crippen LogP contribution in [0, 0.1) is 5.92 Å². The summed E-state index contributed by atoms with van der Waals surface area (Å²) in [6.07, 6.45) is 3.84. The molecule has 6 nitrogen and oxygen atoms in total. The van der Waals surface area contributed by atoms with Crippen LogP contribution in [0.3, 0.4) is 0 Å². The van der Waals surface area contributed by atoms with Gasteiger partial charge < -0.3 is 16.0 Å². The second kappa shape index (κ2) is 12.2. The Labute approximate surface area is 182 Å². The van der Waals surface area contributed by atoms with Gasteiger partial charge in [-0.3, -0.25) is 9.59 Å². The van der Waals surface area contributed by atoms with Crippen molar-refractivity contribution in [3.05, 3.63) is 29.3 Å². The molecule has 1 aliphatic heterocycles. The van der Waals surface area contributed by atoms with E-state index in [2.05, 4.69) is 16.4 Å². The van der Waals surface area contributed by atoms with Crippen LogP contribution in [0.2, 0.25) is 0 Å². The summed E-state index contributed by atoms with van der Waals surface area (Å²) in [5.41, 5.74) is 6.45. The van der Waals surface area contributed by atoms with Crippen LogP contribution in [0.1, 0.15) is 30.7 Å². The van der Waals surface area contributed by atoms with E-state index < -0.39 is 0 Å². The van der Waals surface area contributed by atoms with Gasteiger partial charge in [-0.25, -0.2) is 4.98 Å². The van der Waals surface area contributed by atoms with E-state index in [9.17, 15) is 9.59 Å². The van der Waals surface area contributed by atoms with Gasteiger partial charge in [0.25, 0.3) is 0 Å². The molecule has 2 amide bonds. The predicted octanol–water partition coefficient (Wildman–Crippen LogP) is 2.78. The summed E-state index contributed by atoms with van der Waals surface area (Å²) in [6, 6.07) is 8.10. The van der Waals surface area contributed by atoms with E-state index >= 15 is 0 Å². The van der Waals surface area contributed by atoms with Gasteiger partial charge in [0.05, 0.1) is 21.1 Å². The van der Waals surface area contributed by atoms with Crippen molar-refractivity contribution < 1.29 is 9.59 Å². The summed E-state index contributed by atoms with van der Waals surface area (Å²) in [5, 5.41) is 3.91. The Morgan fingerprint density at radius 2 is 2.07 bits per heavy atom. The van der Waals surface area contributed by atoms with Crippen LogP contribution in [-0.2, 0) is 16.0 Å². The maximum Gasteiger partial charge on any atom is 0.224 e. The third kappa shape index (κ3) is 6.58. The zero-order chi connectivity index (χ0) is 18.4. The number of thiazole rings is 1. The van der Waals surface area contributed by atoms with Gasteiger partial charge >= 0.3 is 0 Å². The summed E-state index contributed by atoms with van der Waals surface area (Å²) in [5.74, 6) is 0.0494. The predicted molar refractivity (Wildman–Crippen MR) is 118 cm³/mol. The van der Waals surface area contributed by atoms with E-state index in [0.717, 1.165) is 42.8 Å². The van der Waals surface area contributed by atoms with Crippen molar-refractivity contribution in [3.63, 3.8) is 0 Å². The van der Waals surface area contributed by atoms with E-state index in [-0.39, 0.29) is 42.5 Å². The monoisotopic (exact) mass is 446 g/mol. The molecule has 1 fully saturated rings. The molecule has 0 saturated carbocycles. The van der Waals surface area contributed by atoms with Gasteiger partial charge in [0.15, 0.2) is 0 Å². The van der Waals surface area contributed by atoms with Gasteiger partial charge in [0.2, 0.25) is 11.8 Å². The maximum atomic E-state index is 12.5. The average molecular weight is 447 g/mol. The lowest BCUT2D eigenvalue weighted by molar-refractivity contribution is -0.135. The zero-order valence-electron chi connectivity index (χ0n) is 15.8. The minimum absolute atomic E-state index is 0. The normalized spacial score (nSPS) is 16.2. The SMILES string of the molecule is Cl.Cl.NCCNC(=O)C1CCCN(C(=O)CCCc2nc3ccccc3s2)C1. The van der Waals surface area contributed by atoms with Crippen LogP contribution in [0.5, 0.6) is 0 Å². The molecule has 3 rings (SSSR count). The number of piperidine rings is 1. The number of halogens is 2. The number of aryl methyl sites for hydroxylation is 1. The molecule has 2 aromatic rings. The minimum atomic E-state index is -0.108. The first-order valence-electron chi connectivity index (χ1n) is 9.27. The van der Waals surface area contributed by atoms with Crippen LogP contribution in [0.15, 0.2) is 24.3 Å². The molecule has 0 bridgehead atoms. The van der Waals surface area contributed by atoms with E-state index in [4.69, 9.17) is 5.73 Å². The van der Waals surface area contributed by atoms with E-state index in [0.29, 0.717) is 26.1 Å². The van der Waals surface area contributed by atoms with Crippen LogP contribution in [0.4, 0.5) is 0 Å². The highest BCUT2D eigenvalue weighted by Crippen LogP contribution is 2.23. The molecule has 156 valence electrons. The summed E-state index contributed by atoms with van der Waals surface area (Å²) in [6.45, 7) is 2.20. The Balaban J connectivity index is 0.00000196. The smallest absolute Gasteiger partial charge is 0.224 e. The van der Waals surface area contributed by atoms with Gasteiger partial charge in [-0.1, -0.05) is 12.1 Å². The highest BCUT2D eigenvalue weighted by atomic mass is 35.5. The summed E-state index contributed by atoms with van der Waals surface area (Å²) >= 11 is 1.70. The Kier molecular flexibility index (Phi) is 10.7. The Bertz CT molecular complexity index is 738. The van der Waals surface area contributed by atoms with Gasteiger partial charge in [-0.2, -0.15) is 0 Å². The molecule has 3 N–H and O–H groups in total. The number of fused-ring (bicyclic) bond motifs is 1. The third-order valence-corrected chi connectivity index (χ3v) is 5.80. The summed E-state index contributed by atoms with van der Waals surface area (Å²) < 4.78 is 1.19. The second-order valence-electron chi connectivity index (χ2n) is 6.69. The second-order valence-corrected chi connectivity index (χ2v) is 7.80. The highest BCUT2D eigenvalue weighted by molar-refractivity contribution is 7.18. The molecule has 0 radical (unpaired) electrons. The van der Waals surface area contributed by atoms with Crippen molar-refractivity contribution in [1.29, 1.82) is 0 Å². The van der Waals surface area contributed by atoms with Gasteiger partial charge in [0.1, 0.15) is 0 Å².